The Hall–Kier alpha value is -2.47. The Morgan fingerprint density at radius 3 is 3.15 bits per heavy atom. The zero-order valence-corrected chi connectivity index (χ0v) is 11.6. The van der Waals surface area contributed by atoms with Gasteiger partial charge in [0.05, 0.1) is 11.6 Å². The van der Waals surface area contributed by atoms with Crippen LogP contribution in [0.5, 0.6) is 0 Å². The molecule has 0 saturated heterocycles. The average molecular weight is 284 g/mol. The third-order valence-electron chi connectivity index (χ3n) is 2.76. The molecule has 2 N–H and O–H groups in total. The summed E-state index contributed by atoms with van der Waals surface area (Å²) in [6.45, 7) is 2.02. The van der Waals surface area contributed by atoms with Crippen molar-refractivity contribution in [1.82, 2.24) is 9.97 Å². The SMILES string of the molecule is Cc1cccc(/C=N/Nc2nc3sccc3c(=O)[nH]2)c1. The molecule has 2 aromatic heterocycles. The number of aryl methyl sites for hydroxylation is 1. The quantitative estimate of drug-likeness (QED) is 0.574. The molecule has 3 aromatic rings. The number of aromatic nitrogens is 2. The highest BCUT2D eigenvalue weighted by Crippen LogP contribution is 2.15. The fraction of sp³-hybridized carbons (Fsp3) is 0.0714. The Morgan fingerprint density at radius 2 is 2.30 bits per heavy atom. The maximum absolute atomic E-state index is 11.8. The van der Waals surface area contributed by atoms with E-state index < -0.39 is 0 Å². The Kier molecular flexibility index (Phi) is 3.30. The molecule has 2 heterocycles. The van der Waals surface area contributed by atoms with Crippen LogP contribution < -0.4 is 11.0 Å². The number of aromatic amines is 1. The van der Waals surface area contributed by atoms with Gasteiger partial charge in [0.1, 0.15) is 4.83 Å². The van der Waals surface area contributed by atoms with Gasteiger partial charge >= 0.3 is 0 Å². The van der Waals surface area contributed by atoms with Crippen LogP contribution in [0.1, 0.15) is 11.1 Å². The monoisotopic (exact) mass is 284 g/mol. The molecule has 0 bridgehead atoms. The van der Waals surface area contributed by atoms with Gasteiger partial charge in [-0.3, -0.25) is 9.78 Å². The number of nitrogens with one attached hydrogen (secondary N) is 2. The van der Waals surface area contributed by atoms with Gasteiger partial charge in [0, 0.05) is 0 Å². The van der Waals surface area contributed by atoms with E-state index in [2.05, 4.69) is 20.5 Å². The van der Waals surface area contributed by atoms with Gasteiger partial charge in [0.2, 0.25) is 5.95 Å². The van der Waals surface area contributed by atoms with Gasteiger partial charge in [-0.2, -0.15) is 5.10 Å². The fourth-order valence-corrected chi connectivity index (χ4v) is 2.60. The second-order valence-corrected chi connectivity index (χ2v) is 5.23. The average Bonchev–Trinajstić information content (AvgIpc) is 2.88. The highest BCUT2D eigenvalue weighted by Gasteiger charge is 2.03. The van der Waals surface area contributed by atoms with E-state index in [4.69, 9.17) is 0 Å². The summed E-state index contributed by atoms with van der Waals surface area (Å²) in [5.74, 6) is 0.342. The molecule has 20 heavy (non-hydrogen) atoms. The van der Waals surface area contributed by atoms with Gasteiger partial charge in [-0.15, -0.1) is 11.3 Å². The summed E-state index contributed by atoms with van der Waals surface area (Å²) in [5.41, 5.74) is 4.73. The van der Waals surface area contributed by atoms with Gasteiger partial charge in [0.15, 0.2) is 0 Å². The van der Waals surface area contributed by atoms with E-state index in [-0.39, 0.29) is 5.56 Å². The fourth-order valence-electron chi connectivity index (χ4n) is 1.84. The molecule has 0 unspecified atom stereocenters. The molecule has 0 aliphatic heterocycles. The van der Waals surface area contributed by atoms with Gasteiger partial charge in [-0.1, -0.05) is 29.8 Å². The molecular formula is C14H12N4OS. The highest BCUT2D eigenvalue weighted by atomic mass is 32.1. The van der Waals surface area contributed by atoms with Crippen LogP contribution in [0, 0.1) is 6.92 Å². The molecule has 100 valence electrons. The standard InChI is InChI=1S/C14H12N4OS/c1-9-3-2-4-10(7-9)8-15-18-14-16-12(19)11-5-6-20-13(11)17-14/h2-8H,1H3,(H2,16,17,18,19)/b15-8+. The van der Waals surface area contributed by atoms with Crippen LogP contribution >= 0.6 is 11.3 Å². The van der Waals surface area contributed by atoms with Gasteiger partial charge in [0.25, 0.3) is 5.56 Å². The molecule has 1 aromatic carbocycles. The number of benzene rings is 1. The molecule has 6 heteroatoms. The molecule has 0 aliphatic rings. The van der Waals surface area contributed by atoms with Crippen molar-refractivity contribution in [2.24, 2.45) is 5.10 Å². The van der Waals surface area contributed by atoms with E-state index in [0.717, 1.165) is 5.56 Å². The molecule has 0 amide bonds. The van der Waals surface area contributed by atoms with Crippen molar-refractivity contribution >= 4 is 33.7 Å². The minimum Gasteiger partial charge on any atom is -0.291 e. The van der Waals surface area contributed by atoms with Crippen molar-refractivity contribution < 1.29 is 0 Å². The summed E-state index contributed by atoms with van der Waals surface area (Å²) >= 11 is 1.42. The van der Waals surface area contributed by atoms with Crippen molar-refractivity contribution in [2.75, 3.05) is 5.43 Å². The molecule has 5 nitrogen and oxygen atoms in total. The zero-order valence-electron chi connectivity index (χ0n) is 10.8. The van der Waals surface area contributed by atoms with Gasteiger partial charge in [-0.05, 0) is 23.9 Å². The first-order chi connectivity index (χ1) is 9.72. The highest BCUT2D eigenvalue weighted by molar-refractivity contribution is 7.16. The van der Waals surface area contributed by atoms with Crippen LogP contribution in [-0.2, 0) is 0 Å². The van der Waals surface area contributed by atoms with E-state index in [1.165, 1.54) is 16.9 Å². The Balaban J connectivity index is 1.81. The number of nitrogens with zero attached hydrogens (tertiary/aromatic N) is 2. The summed E-state index contributed by atoms with van der Waals surface area (Å²) in [6, 6.07) is 9.72. The van der Waals surface area contributed by atoms with E-state index in [9.17, 15) is 4.79 Å². The van der Waals surface area contributed by atoms with Crippen LogP contribution in [0.4, 0.5) is 5.95 Å². The van der Waals surface area contributed by atoms with Crippen LogP contribution in [0.25, 0.3) is 10.2 Å². The first kappa shape index (κ1) is 12.6. The van der Waals surface area contributed by atoms with E-state index in [1.807, 2.05) is 36.6 Å². The summed E-state index contributed by atoms with van der Waals surface area (Å²) < 4.78 is 0. The largest absolute Gasteiger partial charge is 0.291 e. The van der Waals surface area contributed by atoms with E-state index in [1.54, 1.807) is 12.3 Å². The minimum absolute atomic E-state index is 0.162. The smallest absolute Gasteiger partial charge is 0.261 e. The first-order valence-electron chi connectivity index (χ1n) is 6.06. The number of H-pyrrole nitrogens is 1. The molecule has 3 rings (SSSR count). The topological polar surface area (TPSA) is 70.1 Å². The number of hydrogen-bond donors (Lipinski definition) is 2. The van der Waals surface area contributed by atoms with Crippen molar-refractivity contribution in [2.45, 2.75) is 6.92 Å². The second-order valence-electron chi connectivity index (χ2n) is 4.34. The molecule has 0 fully saturated rings. The number of anilines is 1. The predicted molar refractivity (Wildman–Crippen MR) is 82.6 cm³/mol. The normalized spacial score (nSPS) is 11.2. The van der Waals surface area contributed by atoms with Crippen molar-refractivity contribution in [3.8, 4) is 0 Å². The van der Waals surface area contributed by atoms with Gasteiger partial charge < -0.3 is 0 Å². The van der Waals surface area contributed by atoms with Gasteiger partial charge in [-0.25, -0.2) is 10.4 Å². The molecule has 0 spiro atoms. The number of thiophene rings is 1. The van der Waals surface area contributed by atoms with E-state index >= 15 is 0 Å². The summed E-state index contributed by atoms with van der Waals surface area (Å²) in [7, 11) is 0. The lowest BCUT2D eigenvalue weighted by atomic mass is 10.2. The third kappa shape index (κ3) is 2.60. The van der Waals surface area contributed by atoms with E-state index in [0.29, 0.717) is 16.2 Å². The van der Waals surface area contributed by atoms with Crippen molar-refractivity contribution in [3.63, 3.8) is 0 Å². The maximum Gasteiger partial charge on any atom is 0.261 e. The number of fused-ring (bicyclic) bond motifs is 1. The second kappa shape index (κ2) is 5.26. The third-order valence-corrected chi connectivity index (χ3v) is 3.57. The summed E-state index contributed by atoms with van der Waals surface area (Å²) in [4.78, 5) is 19.4. The lowest BCUT2D eigenvalue weighted by molar-refractivity contribution is 1.13. The lowest BCUT2D eigenvalue weighted by Crippen LogP contribution is -2.09. The van der Waals surface area contributed by atoms with Crippen molar-refractivity contribution in [3.05, 3.63) is 57.2 Å². The van der Waals surface area contributed by atoms with Crippen LogP contribution in [0.15, 0.2) is 45.6 Å². The molecule has 0 atom stereocenters. The minimum atomic E-state index is -0.162. The maximum atomic E-state index is 11.8. The molecule has 0 saturated carbocycles. The number of hydrogen-bond acceptors (Lipinski definition) is 5. The summed E-state index contributed by atoms with van der Waals surface area (Å²) in [5, 5.41) is 6.52. The zero-order chi connectivity index (χ0) is 13.9. The Labute approximate surface area is 119 Å². The van der Waals surface area contributed by atoms with Crippen LogP contribution in [0.2, 0.25) is 0 Å². The number of rotatable bonds is 3. The van der Waals surface area contributed by atoms with Crippen molar-refractivity contribution in [1.29, 1.82) is 0 Å². The first-order valence-corrected chi connectivity index (χ1v) is 6.93. The lowest BCUT2D eigenvalue weighted by Gasteiger charge is -1.99. The number of hydrazone groups is 1. The molecular weight excluding hydrogens is 272 g/mol. The summed E-state index contributed by atoms with van der Waals surface area (Å²) in [6.07, 6.45) is 1.69. The molecule has 0 radical (unpaired) electrons. The predicted octanol–water partition coefficient (Wildman–Crippen LogP) is 2.74. The molecule has 0 aliphatic carbocycles. The Bertz CT molecular complexity index is 834. The Morgan fingerprint density at radius 1 is 1.40 bits per heavy atom. The van der Waals surface area contributed by atoms with Crippen LogP contribution in [0.3, 0.4) is 0 Å². The van der Waals surface area contributed by atoms with Crippen LogP contribution in [-0.4, -0.2) is 16.2 Å².